The number of nitrogens with zero attached hydrogens (tertiary/aromatic N) is 1. The summed E-state index contributed by atoms with van der Waals surface area (Å²) in [6.07, 6.45) is 0. The van der Waals surface area contributed by atoms with Crippen LogP contribution in [0.25, 0.3) is 0 Å². The molecule has 0 heterocycles. The van der Waals surface area contributed by atoms with Crippen molar-refractivity contribution in [2.75, 3.05) is 11.9 Å². The lowest BCUT2D eigenvalue weighted by Gasteiger charge is -2.20. The summed E-state index contributed by atoms with van der Waals surface area (Å²) >= 11 is 0. The Morgan fingerprint density at radius 2 is 1.72 bits per heavy atom. The maximum absolute atomic E-state index is 13.4. The summed E-state index contributed by atoms with van der Waals surface area (Å²) in [5, 5.41) is 9.09. The van der Waals surface area contributed by atoms with Crippen LogP contribution < -0.4 is 4.90 Å². The quantitative estimate of drug-likeness (QED) is 0.896. The van der Waals surface area contributed by atoms with Crippen molar-refractivity contribution in [2.24, 2.45) is 0 Å². The van der Waals surface area contributed by atoms with Gasteiger partial charge in [0.2, 0.25) is 0 Å². The predicted molar refractivity (Wildman–Crippen MR) is 71.6 cm³/mol. The number of halogens is 1. The Hall–Kier alpha value is -1.87. The average molecular weight is 245 g/mol. The van der Waals surface area contributed by atoms with E-state index in [1.807, 2.05) is 43.1 Å². The standard InChI is InChI=1S/C15H16FNO/c1-11-3-5-14(6-4-11)17(2)15-8-12(10-18)7-13(16)9-15/h3-9,18H,10H2,1-2H3. The van der Waals surface area contributed by atoms with E-state index in [1.165, 1.54) is 17.7 Å². The minimum atomic E-state index is -0.337. The molecule has 0 fully saturated rings. The molecule has 2 nitrogen and oxygen atoms in total. The van der Waals surface area contributed by atoms with E-state index in [0.29, 0.717) is 5.56 Å². The average Bonchev–Trinajstić information content (AvgIpc) is 2.38. The van der Waals surface area contributed by atoms with Crippen LogP contribution in [0.3, 0.4) is 0 Å². The Bertz CT molecular complexity index is 537. The molecule has 0 aliphatic rings. The van der Waals surface area contributed by atoms with Gasteiger partial charge in [0.05, 0.1) is 6.61 Å². The number of aliphatic hydroxyl groups is 1. The van der Waals surface area contributed by atoms with E-state index < -0.39 is 0 Å². The number of rotatable bonds is 3. The monoisotopic (exact) mass is 245 g/mol. The molecular weight excluding hydrogens is 229 g/mol. The summed E-state index contributed by atoms with van der Waals surface area (Å²) < 4.78 is 13.4. The fraction of sp³-hybridized carbons (Fsp3) is 0.200. The highest BCUT2D eigenvalue weighted by atomic mass is 19.1. The zero-order chi connectivity index (χ0) is 13.1. The molecule has 0 aliphatic carbocycles. The van der Waals surface area contributed by atoms with Crippen molar-refractivity contribution in [1.29, 1.82) is 0 Å². The number of hydrogen-bond donors (Lipinski definition) is 1. The van der Waals surface area contributed by atoms with E-state index in [2.05, 4.69) is 0 Å². The molecule has 0 aliphatic heterocycles. The molecule has 94 valence electrons. The van der Waals surface area contributed by atoms with Gasteiger partial charge in [0.25, 0.3) is 0 Å². The van der Waals surface area contributed by atoms with Crippen LogP contribution in [-0.2, 0) is 6.61 Å². The number of anilines is 2. The SMILES string of the molecule is Cc1ccc(N(C)c2cc(F)cc(CO)c2)cc1. The van der Waals surface area contributed by atoms with E-state index in [0.717, 1.165) is 11.4 Å². The molecule has 0 unspecified atom stereocenters. The van der Waals surface area contributed by atoms with Gasteiger partial charge in [-0.3, -0.25) is 0 Å². The van der Waals surface area contributed by atoms with Gasteiger partial charge in [-0.15, -0.1) is 0 Å². The maximum Gasteiger partial charge on any atom is 0.125 e. The molecule has 0 bridgehead atoms. The zero-order valence-corrected chi connectivity index (χ0v) is 10.5. The van der Waals surface area contributed by atoms with Crippen molar-refractivity contribution in [2.45, 2.75) is 13.5 Å². The molecule has 0 saturated carbocycles. The lowest BCUT2D eigenvalue weighted by molar-refractivity contribution is 0.281. The Kier molecular flexibility index (Phi) is 3.63. The molecule has 2 aromatic rings. The summed E-state index contributed by atoms with van der Waals surface area (Å²) in [6, 6.07) is 12.6. The van der Waals surface area contributed by atoms with Gasteiger partial charge in [-0.2, -0.15) is 0 Å². The topological polar surface area (TPSA) is 23.5 Å². The predicted octanol–water partition coefficient (Wildman–Crippen LogP) is 3.39. The van der Waals surface area contributed by atoms with Gasteiger partial charge in [0.1, 0.15) is 5.82 Å². The molecule has 0 aromatic heterocycles. The van der Waals surface area contributed by atoms with Crippen molar-refractivity contribution < 1.29 is 9.50 Å². The molecule has 2 aromatic carbocycles. The zero-order valence-electron chi connectivity index (χ0n) is 10.5. The number of hydrogen-bond acceptors (Lipinski definition) is 2. The highest BCUT2D eigenvalue weighted by Crippen LogP contribution is 2.25. The first kappa shape index (κ1) is 12.6. The van der Waals surface area contributed by atoms with Gasteiger partial charge in [-0.1, -0.05) is 17.7 Å². The maximum atomic E-state index is 13.4. The highest BCUT2D eigenvalue weighted by Gasteiger charge is 2.07. The summed E-state index contributed by atoms with van der Waals surface area (Å²) in [4.78, 5) is 1.89. The summed E-state index contributed by atoms with van der Waals surface area (Å²) in [5.41, 5.74) is 3.46. The summed E-state index contributed by atoms with van der Waals surface area (Å²) in [7, 11) is 1.88. The lowest BCUT2D eigenvalue weighted by Crippen LogP contribution is -2.10. The summed E-state index contributed by atoms with van der Waals surface area (Å²) in [5.74, 6) is -0.337. The minimum absolute atomic E-state index is 0.160. The molecule has 1 N–H and O–H groups in total. The minimum Gasteiger partial charge on any atom is -0.392 e. The van der Waals surface area contributed by atoms with Crippen LogP contribution in [-0.4, -0.2) is 12.2 Å². The van der Waals surface area contributed by atoms with Gasteiger partial charge >= 0.3 is 0 Å². The van der Waals surface area contributed by atoms with E-state index in [1.54, 1.807) is 6.07 Å². The second kappa shape index (κ2) is 5.19. The van der Waals surface area contributed by atoms with Crippen LogP contribution in [0.2, 0.25) is 0 Å². The van der Waals surface area contributed by atoms with Crippen LogP contribution in [0.5, 0.6) is 0 Å². The van der Waals surface area contributed by atoms with Crippen molar-refractivity contribution in [3.8, 4) is 0 Å². The number of benzene rings is 2. The van der Waals surface area contributed by atoms with Crippen molar-refractivity contribution in [3.05, 3.63) is 59.4 Å². The molecule has 0 spiro atoms. The van der Waals surface area contributed by atoms with Crippen LogP contribution >= 0.6 is 0 Å². The smallest absolute Gasteiger partial charge is 0.125 e. The number of aryl methyl sites for hydroxylation is 1. The van der Waals surface area contributed by atoms with E-state index in [9.17, 15) is 4.39 Å². The fourth-order valence-electron chi connectivity index (χ4n) is 1.84. The van der Waals surface area contributed by atoms with E-state index in [-0.39, 0.29) is 12.4 Å². The first-order valence-corrected chi connectivity index (χ1v) is 5.81. The highest BCUT2D eigenvalue weighted by molar-refractivity contribution is 5.63. The first-order chi connectivity index (χ1) is 8.60. The molecular formula is C15H16FNO. The first-order valence-electron chi connectivity index (χ1n) is 5.81. The van der Waals surface area contributed by atoms with Crippen molar-refractivity contribution in [1.82, 2.24) is 0 Å². The van der Waals surface area contributed by atoms with Crippen LogP contribution in [0.15, 0.2) is 42.5 Å². The van der Waals surface area contributed by atoms with Crippen molar-refractivity contribution in [3.63, 3.8) is 0 Å². The second-order valence-corrected chi connectivity index (χ2v) is 4.37. The van der Waals surface area contributed by atoms with Crippen molar-refractivity contribution >= 4 is 11.4 Å². The second-order valence-electron chi connectivity index (χ2n) is 4.37. The molecule has 0 atom stereocenters. The molecule has 0 amide bonds. The fourth-order valence-corrected chi connectivity index (χ4v) is 1.84. The van der Waals surface area contributed by atoms with Crippen LogP contribution in [0, 0.1) is 12.7 Å². The largest absolute Gasteiger partial charge is 0.392 e. The third-order valence-electron chi connectivity index (χ3n) is 2.93. The number of aliphatic hydroxyl groups excluding tert-OH is 1. The van der Waals surface area contributed by atoms with Gasteiger partial charge in [-0.25, -0.2) is 4.39 Å². The van der Waals surface area contributed by atoms with E-state index >= 15 is 0 Å². The third kappa shape index (κ3) is 2.68. The van der Waals surface area contributed by atoms with Crippen LogP contribution in [0.4, 0.5) is 15.8 Å². The molecule has 3 heteroatoms. The molecule has 18 heavy (non-hydrogen) atoms. The Balaban J connectivity index is 2.35. The molecule has 0 saturated heterocycles. The van der Waals surface area contributed by atoms with Gasteiger partial charge in [0.15, 0.2) is 0 Å². The Morgan fingerprint density at radius 3 is 2.33 bits per heavy atom. The normalized spacial score (nSPS) is 10.4. The van der Waals surface area contributed by atoms with Gasteiger partial charge in [-0.05, 0) is 42.8 Å². The molecule has 0 radical (unpaired) electrons. The summed E-state index contributed by atoms with van der Waals surface area (Å²) in [6.45, 7) is 1.86. The third-order valence-corrected chi connectivity index (χ3v) is 2.93. The lowest BCUT2D eigenvalue weighted by atomic mass is 10.1. The van der Waals surface area contributed by atoms with Gasteiger partial charge in [0, 0.05) is 18.4 Å². The Morgan fingerprint density at radius 1 is 1.06 bits per heavy atom. The van der Waals surface area contributed by atoms with Crippen LogP contribution in [0.1, 0.15) is 11.1 Å². The van der Waals surface area contributed by atoms with E-state index in [4.69, 9.17) is 5.11 Å². The molecule has 2 rings (SSSR count). The Labute approximate surface area is 106 Å². The van der Waals surface area contributed by atoms with Gasteiger partial charge < -0.3 is 10.0 Å².